The van der Waals surface area contributed by atoms with Gasteiger partial charge in [0.1, 0.15) is 5.52 Å². The number of H-pyrrole nitrogens is 1. The van der Waals surface area contributed by atoms with Gasteiger partial charge >= 0.3 is 0 Å². The fourth-order valence-corrected chi connectivity index (χ4v) is 3.35. The van der Waals surface area contributed by atoms with Gasteiger partial charge in [0.2, 0.25) is 0 Å². The maximum Gasteiger partial charge on any atom is 0.156 e. The van der Waals surface area contributed by atoms with Crippen LogP contribution in [0.2, 0.25) is 0 Å². The molecule has 0 radical (unpaired) electrons. The lowest BCUT2D eigenvalue weighted by Gasteiger charge is -2.12. The molecule has 4 aromatic heterocycles. The Hall–Kier alpha value is -3.80. The first-order chi connectivity index (χ1) is 13.8. The van der Waals surface area contributed by atoms with Crippen molar-refractivity contribution in [2.45, 2.75) is 13.0 Å². The number of nitrogens with one attached hydrogen (secondary N) is 1. The van der Waals surface area contributed by atoms with E-state index >= 15 is 0 Å². The van der Waals surface area contributed by atoms with Crippen molar-refractivity contribution in [3.8, 4) is 22.4 Å². The van der Waals surface area contributed by atoms with Crippen LogP contribution in [0.15, 0.2) is 79.6 Å². The molecule has 1 aromatic carbocycles. The Bertz CT molecular complexity index is 1220. The summed E-state index contributed by atoms with van der Waals surface area (Å²) in [5.41, 5.74) is 6.62. The fourth-order valence-electron chi connectivity index (χ4n) is 3.35. The van der Waals surface area contributed by atoms with Crippen LogP contribution in [0, 0.1) is 0 Å². The molecule has 5 rings (SSSR count). The van der Waals surface area contributed by atoms with Crippen LogP contribution in [0.5, 0.6) is 0 Å². The molecule has 0 aliphatic rings. The molecule has 0 saturated carbocycles. The summed E-state index contributed by atoms with van der Waals surface area (Å²) < 4.78 is 1.98. The van der Waals surface area contributed by atoms with Crippen LogP contribution in [0.1, 0.15) is 18.5 Å². The minimum atomic E-state index is 0.151. The molecule has 28 heavy (non-hydrogen) atoms. The summed E-state index contributed by atoms with van der Waals surface area (Å²) in [6, 6.07) is 14.4. The Balaban J connectivity index is 1.54. The molecule has 0 fully saturated rings. The first kappa shape index (κ1) is 16.4. The first-order valence-corrected chi connectivity index (χ1v) is 9.13. The van der Waals surface area contributed by atoms with Crippen LogP contribution in [-0.2, 0) is 0 Å². The second-order valence-corrected chi connectivity index (χ2v) is 6.69. The van der Waals surface area contributed by atoms with Crippen LogP contribution >= 0.6 is 0 Å². The van der Waals surface area contributed by atoms with Gasteiger partial charge in [0, 0.05) is 41.5 Å². The van der Waals surface area contributed by atoms with Gasteiger partial charge in [0.15, 0.2) is 5.65 Å². The highest BCUT2D eigenvalue weighted by molar-refractivity contribution is 5.91. The molecule has 1 N–H and O–H groups in total. The van der Waals surface area contributed by atoms with Crippen molar-refractivity contribution in [3.63, 3.8) is 0 Å². The summed E-state index contributed by atoms with van der Waals surface area (Å²) in [5.74, 6) is 0. The van der Waals surface area contributed by atoms with Crippen molar-refractivity contribution < 1.29 is 0 Å². The highest BCUT2D eigenvalue weighted by atomic mass is 15.3. The average Bonchev–Trinajstić information content (AvgIpc) is 3.41. The Morgan fingerprint density at radius 3 is 2.61 bits per heavy atom. The molecule has 6 nitrogen and oxygen atoms in total. The third-order valence-corrected chi connectivity index (χ3v) is 4.95. The quantitative estimate of drug-likeness (QED) is 0.508. The smallest absolute Gasteiger partial charge is 0.156 e. The molecule has 5 aromatic rings. The zero-order chi connectivity index (χ0) is 18.9. The predicted molar refractivity (Wildman–Crippen MR) is 109 cm³/mol. The number of pyridine rings is 1. The summed E-state index contributed by atoms with van der Waals surface area (Å²) in [5, 5.41) is 4.58. The van der Waals surface area contributed by atoms with Crippen LogP contribution in [0.25, 0.3) is 33.5 Å². The lowest BCUT2D eigenvalue weighted by Crippen LogP contribution is -2.06. The fraction of sp³-hybridized carbons (Fsp3) is 0.0909. The van der Waals surface area contributed by atoms with Crippen LogP contribution < -0.4 is 0 Å². The maximum absolute atomic E-state index is 4.84. The third-order valence-electron chi connectivity index (χ3n) is 4.95. The van der Waals surface area contributed by atoms with E-state index in [0.717, 1.165) is 33.5 Å². The summed E-state index contributed by atoms with van der Waals surface area (Å²) >= 11 is 0. The Kier molecular flexibility index (Phi) is 3.94. The van der Waals surface area contributed by atoms with Gasteiger partial charge in [-0.25, -0.2) is 9.97 Å². The molecular formula is C22H18N6. The van der Waals surface area contributed by atoms with Crippen molar-refractivity contribution in [1.29, 1.82) is 0 Å². The topological polar surface area (TPSA) is 72.3 Å². The average molecular weight is 366 g/mol. The van der Waals surface area contributed by atoms with Crippen molar-refractivity contribution in [3.05, 3.63) is 85.2 Å². The molecule has 0 aliphatic carbocycles. The standard InChI is InChI=1S/C22H18N6/c1-15(16-5-3-2-4-6-16)28-14-18(11-26-28)19-12-24-22-21(19)27-20(13-25-22)17-7-9-23-10-8-17/h2-15H,1H3,(H,24,25). The minimum absolute atomic E-state index is 0.151. The van der Waals surface area contributed by atoms with E-state index in [1.165, 1.54) is 5.56 Å². The molecule has 0 spiro atoms. The number of hydrogen-bond donors (Lipinski definition) is 1. The zero-order valence-electron chi connectivity index (χ0n) is 15.3. The van der Waals surface area contributed by atoms with E-state index in [2.05, 4.69) is 45.3 Å². The van der Waals surface area contributed by atoms with Crippen LogP contribution in [0.4, 0.5) is 0 Å². The van der Waals surface area contributed by atoms with E-state index in [1.54, 1.807) is 18.6 Å². The summed E-state index contributed by atoms with van der Waals surface area (Å²) in [7, 11) is 0. The van der Waals surface area contributed by atoms with Crippen molar-refractivity contribution in [2.24, 2.45) is 0 Å². The second-order valence-electron chi connectivity index (χ2n) is 6.69. The molecule has 1 unspecified atom stereocenters. The normalized spacial score (nSPS) is 12.3. The number of nitrogens with zero attached hydrogens (tertiary/aromatic N) is 5. The number of aromatic amines is 1. The zero-order valence-corrected chi connectivity index (χ0v) is 15.3. The van der Waals surface area contributed by atoms with Crippen LogP contribution in [0.3, 0.4) is 0 Å². The highest BCUT2D eigenvalue weighted by Gasteiger charge is 2.14. The number of hydrogen-bond acceptors (Lipinski definition) is 4. The third kappa shape index (κ3) is 2.85. The number of fused-ring (bicyclic) bond motifs is 1. The number of rotatable bonds is 4. The van der Waals surface area contributed by atoms with Gasteiger partial charge in [0.25, 0.3) is 0 Å². The number of benzene rings is 1. The summed E-state index contributed by atoms with van der Waals surface area (Å²) in [6.07, 6.45) is 11.2. The molecule has 0 bridgehead atoms. The summed E-state index contributed by atoms with van der Waals surface area (Å²) in [6.45, 7) is 2.14. The van der Waals surface area contributed by atoms with Crippen LogP contribution in [-0.4, -0.2) is 29.7 Å². The van der Waals surface area contributed by atoms with E-state index in [9.17, 15) is 0 Å². The Morgan fingerprint density at radius 2 is 1.79 bits per heavy atom. The van der Waals surface area contributed by atoms with Gasteiger partial charge in [0.05, 0.1) is 24.1 Å². The van der Waals surface area contributed by atoms with E-state index < -0.39 is 0 Å². The largest absolute Gasteiger partial charge is 0.344 e. The van der Waals surface area contributed by atoms with Crippen molar-refractivity contribution in [2.75, 3.05) is 0 Å². The molecule has 0 saturated heterocycles. The van der Waals surface area contributed by atoms with Gasteiger partial charge in [-0.05, 0) is 24.6 Å². The van der Waals surface area contributed by atoms with E-state index in [-0.39, 0.29) is 6.04 Å². The minimum Gasteiger partial charge on any atom is -0.344 e. The maximum atomic E-state index is 4.84. The van der Waals surface area contributed by atoms with Crippen molar-refractivity contribution >= 4 is 11.2 Å². The van der Waals surface area contributed by atoms with E-state index in [4.69, 9.17) is 4.98 Å². The number of aromatic nitrogens is 6. The van der Waals surface area contributed by atoms with E-state index in [1.807, 2.05) is 47.4 Å². The lowest BCUT2D eigenvalue weighted by atomic mass is 10.1. The van der Waals surface area contributed by atoms with E-state index in [0.29, 0.717) is 0 Å². The monoisotopic (exact) mass is 366 g/mol. The molecule has 0 amide bonds. The predicted octanol–water partition coefficient (Wildman–Crippen LogP) is 4.49. The Morgan fingerprint density at radius 1 is 0.964 bits per heavy atom. The molecule has 6 heteroatoms. The van der Waals surface area contributed by atoms with Gasteiger partial charge < -0.3 is 4.98 Å². The molecule has 1 atom stereocenters. The Labute approximate surface area is 161 Å². The molecule has 0 aliphatic heterocycles. The summed E-state index contributed by atoms with van der Waals surface area (Å²) in [4.78, 5) is 16.6. The van der Waals surface area contributed by atoms with Gasteiger partial charge in [-0.3, -0.25) is 9.67 Å². The first-order valence-electron chi connectivity index (χ1n) is 9.13. The lowest BCUT2D eigenvalue weighted by molar-refractivity contribution is 0.565. The molecule has 136 valence electrons. The highest BCUT2D eigenvalue weighted by Crippen LogP contribution is 2.29. The van der Waals surface area contributed by atoms with Gasteiger partial charge in [-0.15, -0.1) is 0 Å². The van der Waals surface area contributed by atoms with Crippen molar-refractivity contribution in [1.82, 2.24) is 29.7 Å². The van der Waals surface area contributed by atoms with Gasteiger partial charge in [-0.1, -0.05) is 30.3 Å². The molecular weight excluding hydrogens is 348 g/mol. The SMILES string of the molecule is CC(c1ccccc1)n1cc(-c2c[nH]c3ncc(-c4ccncc4)nc23)cn1. The molecule has 4 heterocycles. The van der Waals surface area contributed by atoms with Gasteiger partial charge in [-0.2, -0.15) is 5.10 Å². The second kappa shape index (κ2) is 6.74.